The Balaban J connectivity index is 1.45. The summed E-state index contributed by atoms with van der Waals surface area (Å²) in [4.78, 5) is 53.7. The van der Waals surface area contributed by atoms with Crippen LogP contribution in [-0.2, 0) is 17.8 Å². The van der Waals surface area contributed by atoms with Crippen molar-refractivity contribution in [3.63, 3.8) is 0 Å². The molecule has 0 spiro atoms. The highest BCUT2D eigenvalue weighted by atomic mass is 16.2. The molecule has 2 aromatic rings. The normalized spacial score (nSPS) is 21.3. The molecule has 1 saturated heterocycles. The molecule has 0 bridgehead atoms. The van der Waals surface area contributed by atoms with E-state index in [9.17, 15) is 14.4 Å². The first-order chi connectivity index (χ1) is 14.6. The van der Waals surface area contributed by atoms with Gasteiger partial charge in [-0.25, -0.2) is 4.98 Å². The summed E-state index contributed by atoms with van der Waals surface area (Å²) in [5.41, 5.74) is 1.78. The van der Waals surface area contributed by atoms with Crippen molar-refractivity contribution in [3.05, 3.63) is 57.5 Å². The third kappa shape index (κ3) is 3.51. The SMILES string of the molecule is O=C(C1CC1)N1CCc2c(nc([C@@H]3CCCCN3C(=O)c3ccncc3)[nH]c2=O)C1. The van der Waals surface area contributed by atoms with Gasteiger partial charge in [0.25, 0.3) is 11.5 Å². The lowest BCUT2D eigenvalue weighted by molar-refractivity contribution is -0.133. The van der Waals surface area contributed by atoms with Crippen molar-refractivity contribution in [2.24, 2.45) is 5.92 Å². The number of nitrogens with zero attached hydrogens (tertiary/aromatic N) is 4. The van der Waals surface area contributed by atoms with Crippen molar-refractivity contribution in [2.45, 2.75) is 51.1 Å². The van der Waals surface area contributed by atoms with E-state index >= 15 is 0 Å². The van der Waals surface area contributed by atoms with Crippen LogP contribution < -0.4 is 5.56 Å². The van der Waals surface area contributed by atoms with E-state index in [4.69, 9.17) is 4.98 Å². The predicted octanol–water partition coefficient (Wildman–Crippen LogP) is 1.83. The number of fused-ring (bicyclic) bond motifs is 1. The molecule has 30 heavy (non-hydrogen) atoms. The fourth-order valence-corrected chi connectivity index (χ4v) is 4.51. The van der Waals surface area contributed by atoms with Gasteiger partial charge in [0.2, 0.25) is 5.91 Å². The number of nitrogens with one attached hydrogen (secondary N) is 1. The van der Waals surface area contributed by atoms with E-state index in [-0.39, 0.29) is 29.3 Å². The van der Waals surface area contributed by atoms with Gasteiger partial charge in [-0.3, -0.25) is 19.4 Å². The second-order valence-electron chi connectivity index (χ2n) is 8.41. The maximum Gasteiger partial charge on any atom is 0.254 e. The van der Waals surface area contributed by atoms with Crippen molar-refractivity contribution in [1.82, 2.24) is 24.8 Å². The molecular weight excluding hydrogens is 382 g/mol. The minimum absolute atomic E-state index is 0.0759. The number of pyridine rings is 1. The van der Waals surface area contributed by atoms with Crippen molar-refractivity contribution < 1.29 is 9.59 Å². The second-order valence-corrected chi connectivity index (χ2v) is 8.41. The summed E-state index contributed by atoms with van der Waals surface area (Å²) < 4.78 is 0. The Kier molecular flexibility index (Phi) is 4.84. The third-order valence-corrected chi connectivity index (χ3v) is 6.34. The summed E-state index contributed by atoms with van der Waals surface area (Å²) in [7, 11) is 0. The number of likely N-dealkylation sites (tertiary alicyclic amines) is 1. The van der Waals surface area contributed by atoms with Crippen molar-refractivity contribution in [3.8, 4) is 0 Å². The number of aromatic nitrogens is 3. The Labute approximate surface area is 174 Å². The van der Waals surface area contributed by atoms with E-state index in [1.54, 1.807) is 29.4 Å². The Hall–Kier alpha value is -3.03. The molecule has 3 aliphatic rings. The first-order valence-electron chi connectivity index (χ1n) is 10.7. The smallest absolute Gasteiger partial charge is 0.254 e. The topological polar surface area (TPSA) is 99.3 Å². The molecule has 1 aliphatic carbocycles. The zero-order valence-corrected chi connectivity index (χ0v) is 16.8. The molecule has 156 valence electrons. The molecule has 8 heteroatoms. The maximum absolute atomic E-state index is 13.1. The summed E-state index contributed by atoms with van der Waals surface area (Å²) in [6.07, 6.45) is 8.32. The zero-order valence-electron chi connectivity index (χ0n) is 16.8. The minimum Gasteiger partial charge on any atom is -0.336 e. The number of hydrogen-bond donors (Lipinski definition) is 1. The lowest BCUT2D eigenvalue weighted by atomic mass is 9.99. The summed E-state index contributed by atoms with van der Waals surface area (Å²) in [6, 6.07) is 3.14. The molecule has 2 aliphatic heterocycles. The Bertz CT molecular complexity index is 1030. The van der Waals surface area contributed by atoms with Crippen molar-refractivity contribution in [1.29, 1.82) is 0 Å². The van der Waals surface area contributed by atoms with E-state index in [0.29, 0.717) is 48.7 Å². The van der Waals surface area contributed by atoms with E-state index in [2.05, 4.69) is 9.97 Å². The molecule has 2 fully saturated rings. The molecular formula is C22H25N5O3. The first kappa shape index (κ1) is 19.0. The molecule has 5 rings (SSSR count). The number of aromatic amines is 1. The summed E-state index contributed by atoms with van der Waals surface area (Å²) in [6.45, 7) is 1.58. The minimum atomic E-state index is -0.271. The van der Waals surface area contributed by atoms with Gasteiger partial charge in [-0.1, -0.05) is 0 Å². The highest BCUT2D eigenvalue weighted by Gasteiger charge is 2.36. The highest BCUT2D eigenvalue weighted by Crippen LogP contribution is 2.33. The number of H-pyrrole nitrogens is 1. The van der Waals surface area contributed by atoms with Crippen LogP contribution >= 0.6 is 0 Å². The maximum atomic E-state index is 13.1. The van der Waals surface area contributed by atoms with Crippen LogP contribution in [0.4, 0.5) is 0 Å². The lowest BCUT2D eigenvalue weighted by Crippen LogP contribution is -2.42. The van der Waals surface area contributed by atoms with Crippen LogP contribution in [0.3, 0.4) is 0 Å². The standard InChI is InChI=1S/C22H25N5O3/c28-20-16-8-12-26(21(29)14-4-5-14)13-17(16)24-19(25-20)18-3-1-2-11-27(18)22(30)15-6-9-23-10-7-15/h6-7,9-10,14,18H,1-5,8,11-13H2,(H,24,25,28)/t18-/m0/s1. The van der Waals surface area contributed by atoms with Gasteiger partial charge in [-0.05, 0) is 50.7 Å². The predicted molar refractivity (Wildman–Crippen MR) is 109 cm³/mol. The van der Waals surface area contributed by atoms with Crippen LogP contribution in [0.15, 0.2) is 29.3 Å². The van der Waals surface area contributed by atoms with Crippen LogP contribution in [0.1, 0.15) is 65.6 Å². The largest absolute Gasteiger partial charge is 0.336 e. The average Bonchev–Trinajstić information content (AvgIpc) is 3.64. The van der Waals surface area contributed by atoms with Gasteiger partial charge in [0, 0.05) is 42.5 Å². The fraction of sp³-hybridized carbons (Fsp3) is 0.500. The first-order valence-corrected chi connectivity index (χ1v) is 10.7. The molecule has 1 saturated carbocycles. The van der Waals surface area contributed by atoms with Gasteiger partial charge in [-0.2, -0.15) is 0 Å². The summed E-state index contributed by atoms with van der Waals surface area (Å²) >= 11 is 0. The van der Waals surface area contributed by atoms with Gasteiger partial charge >= 0.3 is 0 Å². The number of piperidine rings is 1. The molecule has 0 unspecified atom stereocenters. The highest BCUT2D eigenvalue weighted by molar-refractivity contribution is 5.94. The molecule has 2 amide bonds. The van der Waals surface area contributed by atoms with Crippen molar-refractivity contribution in [2.75, 3.05) is 13.1 Å². The van der Waals surface area contributed by atoms with Gasteiger partial charge < -0.3 is 14.8 Å². The van der Waals surface area contributed by atoms with Crippen molar-refractivity contribution >= 4 is 11.8 Å². The average molecular weight is 407 g/mol. The quantitative estimate of drug-likeness (QED) is 0.837. The molecule has 0 aromatic carbocycles. The number of amides is 2. The lowest BCUT2D eigenvalue weighted by Gasteiger charge is -2.36. The Morgan fingerprint density at radius 1 is 1.07 bits per heavy atom. The molecule has 2 aromatic heterocycles. The Morgan fingerprint density at radius 2 is 1.87 bits per heavy atom. The summed E-state index contributed by atoms with van der Waals surface area (Å²) in [5, 5.41) is 0. The van der Waals surface area contributed by atoms with Crippen LogP contribution in [0, 0.1) is 5.92 Å². The van der Waals surface area contributed by atoms with E-state index < -0.39 is 0 Å². The van der Waals surface area contributed by atoms with Crippen LogP contribution in [0.2, 0.25) is 0 Å². The van der Waals surface area contributed by atoms with Crippen LogP contribution in [0.5, 0.6) is 0 Å². The van der Waals surface area contributed by atoms with Crippen LogP contribution in [0.25, 0.3) is 0 Å². The fourth-order valence-electron chi connectivity index (χ4n) is 4.51. The van der Waals surface area contributed by atoms with Gasteiger partial charge in [0.15, 0.2) is 0 Å². The third-order valence-electron chi connectivity index (χ3n) is 6.34. The van der Waals surface area contributed by atoms with Gasteiger partial charge in [-0.15, -0.1) is 0 Å². The second kappa shape index (κ2) is 7.66. The zero-order chi connectivity index (χ0) is 20.7. The van der Waals surface area contributed by atoms with E-state index in [1.165, 1.54) is 0 Å². The molecule has 1 atom stereocenters. The number of hydrogen-bond acceptors (Lipinski definition) is 5. The number of rotatable bonds is 3. The monoisotopic (exact) mass is 407 g/mol. The van der Waals surface area contributed by atoms with Gasteiger partial charge in [0.1, 0.15) is 5.82 Å². The number of carbonyl (C=O) groups is 2. The Morgan fingerprint density at radius 3 is 2.63 bits per heavy atom. The molecule has 1 N–H and O–H groups in total. The van der Waals surface area contributed by atoms with E-state index in [0.717, 1.165) is 32.1 Å². The van der Waals surface area contributed by atoms with Crippen LogP contribution in [-0.4, -0.2) is 49.7 Å². The summed E-state index contributed by atoms with van der Waals surface area (Å²) in [5.74, 6) is 0.783. The molecule has 4 heterocycles. The van der Waals surface area contributed by atoms with E-state index in [1.807, 2.05) is 4.90 Å². The van der Waals surface area contributed by atoms with Gasteiger partial charge in [0.05, 0.1) is 18.3 Å². The molecule has 8 nitrogen and oxygen atoms in total. The number of carbonyl (C=O) groups excluding carboxylic acids is 2. The molecule has 0 radical (unpaired) electrons.